The first-order valence-electron chi connectivity index (χ1n) is 5.10. The average molecular weight is 282 g/mol. The number of ether oxygens (including phenoxy) is 1. The van der Waals surface area contributed by atoms with Crippen molar-refractivity contribution in [2.45, 2.75) is 12.5 Å². The van der Waals surface area contributed by atoms with Gasteiger partial charge in [0.15, 0.2) is 0 Å². The van der Waals surface area contributed by atoms with Gasteiger partial charge in [-0.05, 0) is 24.1 Å². The maximum atomic E-state index is 10.3. The summed E-state index contributed by atoms with van der Waals surface area (Å²) in [7, 11) is 0. The second kappa shape index (κ2) is 4.54. The van der Waals surface area contributed by atoms with Crippen LogP contribution >= 0.6 is 15.9 Å². The fraction of sp³-hybridized carbons (Fsp3) is 0.417. The fourth-order valence-corrected chi connectivity index (χ4v) is 2.36. The lowest BCUT2D eigenvalue weighted by Crippen LogP contribution is -2.27. The van der Waals surface area contributed by atoms with Gasteiger partial charge in [-0.1, -0.05) is 28.1 Å². The number of halogens is 1. The van der Waals surface area contributed by atoms with Crippen LogP contribution in [0.2, 0.25) is 0 Å². The van der Waals surface area contributed by atoms with E-state index in [1.54, 1.807) is 0 Å². The third-order valence-corrected chi connectivity index (χ3v) is 3.46. The summed E-state index contributed by atoms with van der Waals surface area (Å²) in [6.45, 7) is 0.843. The van der Waals surface area contributed by atoms with Gasteiger partial charge in [-0.3, -0.25) is 0 Å². The highest BCUT2D eigenvalue weighted by molar-refractivity contribution is 9.10. The van der Waals surface area contributed by atoms with Crippen LogP contribution in [0.5, 0.6) is 0 Å². The number of hydrogen-bond donors (Lipinski definition) is 1. The zero-order valence-electron chi connectivity index (χ0n) is 8.69. The monoisotopic (exact) mass is 281 g/mol. The van der Waals surface area contributed by atoms with Crippen molar-refractivity contribution in [3.8, 4) is 6.07 Å². The van der Waals surface area contributed by atoms with Crippen LogP contribution in [0.15, 0.2) is 28.7 Å². The van der Waals surface area contributed by atoms with Crippen LogP contribution in [0, 0.1) is 16.7 Å². The first kappa shape index (κ1) is 11.6. The van der Waals surface area contributed by atoms with Gasteiger partial charge in [-0.15, -0.1) is 0 Å². The molecule has 1 saturated heterocycles. The molecule has 1 aromatic rings. The molecule has 4 heteroatoms. The summed E-state index contributed by atoms with van der Waals surface area (Å²) in [5, 5.41) is 19.5. The van der Waals surface area contributed by atoms with Crippen LogP contribution in [0.1, 0.15) is 18.1 Å². The van der Waals surface area contributed by atoms with E-state index in [0.29, 0.717) is 19.6 Å². The third-order valence-electron chi connectivity index (χ3n) is 2.96. The number of aliphatic hydroxyl groups is 1. The van der Waals surface area contributed by atoms with Crippen LogP contribution in [0.3, 0.4) is 0 Å². The summed E-state index contributed by atoms with van der Waals surface area (Å²) in [4.78, 5) is 0. The molecule has 0 spiro atoms. The molecule has 0 radical (unpaired) electrons. The van der Waals surface area contributed by atoms with Gasteiger partial charge >= 0.3 is 0 Å². The summed E-state index contributed by atoms with van der Waals surface area (Å²) in [5.74, 6) is 0. The first-order chi connectivity index (χ1) is 7.68. The Morgan fingerprint density at radius 1 is 1.56 bits per heavy atom. The predicted octanol–water partition coefficient (Wildman–Crippen LogP) is 2.41. The molecule has 0 amide bonds. The second-order valence-corrected chi connectivity index (χ2v) is 4.94. The summed E-state index contributed by atoms with van der Waals surface area (Å²) in [6.07, 6.45) is -0.213. The molecule has 1 N–H and O–H groups in total. The van der Waals surface area contributed by atoms with E-state index >= 15 is 0 Å². The van der Waals surface area contributed by atoms with E-state index in [0.717, 1.165) is 10.0 Å². The van der Waals surface area contributed by atoms with E-state index in [9.17, 15) is 10.4 Å². The van der Waals surface area contributed by atoms with Crippen LogP contribution in [-0.4, -0.2) is 18.3 Å². The number of nitriles is 1. The second-order valence-electron chi connectivity index (χ2n) is 4.03. The van der Waals surface area contributed by atoms with Crippen molar-refractivity contribution in [1.82, 2.24) is 0 Å². The third kappa shape index (κ3) is 1.99. The summed E-state index contributed by atoms with van der Waals surface area (Å²) in [6, 6.07) is 9.61. The molecule has 1 aliphatic heterocycles. The number of hydrogen-bond acceptors (Lipinski definition) is 3. The van der Waals surface area contributed by atoms with Crippen molar-refractivity contribution in [2.24, 2.45) is 5.41 Å². The van der Waals surface area contributed by atoms with Crippen molar-refractivity contribution >= 4 is 15.9 Å². The Kier molecular flexibility index (Phi) is 3.29. The van der Waals surface area contributed by atoms with Gasteiger partial charge in [0.05, 0.1) is 18.8 Å². The van der Waals surface area contributed by atoms with E-state index in [-0.39, 0.29) is 0 Å². The van der Waals surface area contributed by atoms with E-state index < -0.39 is 11.5 Å². The van der Waals surface area contributed by atoms with Crippen LogP contribution in [-0.2, 0) is 4.74 Å². The molecule has 3 nitrogen and oxygen atoms in total. The van der Waals surface area contributed by atoms with Gasteiger partial charge in [-0.25, -0.2) is 0 Å². The van der Waals surface area contributed by atoms with E-state index in [4.69, 9.17) is 4.74 Å². The fourth-order valence-electron chi connectivity index (χ4n) is 1.94. The molecule has 1 aromatic carbocycles. The molecule has 2 rings (SSSR count). The average Bonchev–Trinajstić information content (AvgIpc) is 2.78. The summed E-state index contributed by atoms with van der Waals surface area (Å²) in [5.41, 5.74) is -0.0396. The zero-order valence-corrected chi connectivity index (χ0v) is 10.3. The zero-order chi connectivity index (χ0) is 11.6. The minimum absolute atomic E-state index is 0.303. The molecular formula is C12H12BrNO2. The van der Waals surface area contributed by atoms with Crippen molar-refractivity contribution < 1.29 is 9.84 Å². The van der Waals surface area contributed by atoms with Gasteiger partial charge < -0.3 is 9.84 Å². The Morgan fingerprint density at radius 3 is 2.94 bits per heavy atom. The highest BCUT2D eigenvalue weighted by Crippen LogP contribution is 2.40. The maximum Gasteiger partial charge on any atom is 0.113 e. The maximum absolute atomic E-state index is 10.3. The Balaban J connectivity index is 2.31. The molecule has 0 aromatic heterocycles. The Bertz CT molecular complexity index is 421. The standard InChI is InChI=1S/C12H12BrNO2/c13-10-3-1-2-9(6-10)11(15)12(7-14)4-5-16-8-12/h1-3,6,11,15H,4-5,8H2. The first-order valence-corrected chi connectivity index (χ1v) is 5.90. The highest BCUT2D eigenvalue weighted by Gasteiger charge is 2.42. The highest BCUT2D eigenvalue weighted by atomic mass is 79.9. The molecule has 1 heterocycles. The van der Waals surface area contributed by atoms with Crippen LogP contribution in [0.4, 0.5) is 0 Å². The molecule has 84 valence electrons. The molecule has 16 heavy (non-hydrogen) atoms. The van der Waals surface area contributed by atoms with Crippen molar-refractivity contribution in [3.05, 3.63) is 34.3 Å². The molecule has 0 saturated carbocycles. The van der Waals surface area contributed by atoms with Crippen LogP contribution < -0.4 is 0 Å². The Morgan fingerprint density at radius 2 is 2.38 bits per heavy atom. The minimum Gasteiger partial charge on any atom is -0.387 e. The topological polar surface area (TPSA) is 53.2 Å². The van der Waals surface area contributed by atoms with E-state index in [1.165, 1.54) is 0 Å². The molecule has 0 bridgehead atoms. The lowest BCUT2D eigenvalue weighted by Gasteiger charge is -2.25. The minimum atomic E-state index is -0.794. The van der Waals surface area contributed by atoms with Crippen molar-refractivity contribution in [3.63, 3.8) is 0 Å². The van der Waals surface area contributed by atoms with E-state index in [2.05, 4.69) is 22.0 Å². The molecule has 0 aliphatic carbocycles. The molecule has 1 aliphatic rings. The number of nitrogens with zero attached hydrogens (tertiary/aromatic N) is 1. The smallest absolute Gasteiger partial charge is 0.113 e. The van der Waals surface area contributed by atoms with Gasteiger partial charge in [-0.2, -0.15) is 5.26 Å². The molecule has 1 fully saturated rings. The lowest BCUT2D eigenvalue weighted by molar-refractivity contribution is 0.0504. The number of benzene rings is 1. The van der Waals surface area contributed by atoms with Gasteiger partial charge in [0, 0.05) is 11.1 Å². The summed E-state index contributed by atoms with van der Waals surface area (Å²) >= 11 is 3.35. The predicted molar refractivity (Wildman–Crippen MR) is 62.6 cm³/mol. The van der Waals surface area contributed by atoms with Crippen molar-refractivity contribution in [1.29, 1.82) is 5.26 Å². The molecule has 2 unspecified atom stereocenters. The molecular weight excluding hydrogens is 270 g/mol. The normalized spacial score (nSPS) is 26.3. The quantitative estimate of drug-likeness (QED) is 0.906. The number of rotatable bonds is 2. The largest absolute Gasteiger partial charge is 0.387 e. The van der Waals surface area contributed by atoms with Gasteiger partial charge in [0.25, 0.3) is 0 Å². The van der Waals surface area contributed by atoms with Crippen LogP contribution in [0.25, 0.3) is 0 Å². The lowest BCUT2D eigenvalue weighted by atomic mass is 9.80. The Hall–Kier alpha value is -0.890. The van der Waals surface area contributed by atoms with Crippen molar-refractivity contribution in [2.75, 3.05) is 13.2 Å². The number of aliphatic hydroxyl groups excluding tert-OH is 1. The van der Waals surface area contributed by atoms with Gasteiger partial charge in [0.1, 0.15) is 5.41 Å². The van der Waals surface area contributed by atoms with Gasteiger partial charge in [0.2, 0.25) is 0 Å². The SMILES string of the molecule is N#CC1(C(O)c2cccc(Br)c2)CCOC1. The van der Waals surface area contributed by atoms with E-state index in [1.807, 2.05) is 24.3 Å². The summed E-state index contributed by atoms with van der Waals surface area (Å²) < 4.78 is 6.13. The molecule has 2 atom stereocenters. The Labute approximate surface area is 103 Å².